The molecule has 1 amide bonds. The number of carbonyl (C=O) groups is 1. The van der Waals surface area contributed by atoms with E-state index in [-0.39, 0.29) is 11.3 Å². The van der Waals surface area contributed by atoms with E-state index in [1.165, 1.54) is 0 Å². The van der Waals surface area contributed by atoms with Crippen molar-refractivity contribution in [3.63, 3.8) is 0 Å². The molecule has 0 spiro atoms. The maximum Gasteiger partial charge on any atom is 0.253 e. The van der Waals surface area contributed by atoms with E-state index in [2.05, 4.69) is 32.7 Å². The van der Waals surface area contributed by atoms with Crippen LogP contribution in [-0.2, 0) is 5.41 Å². The van der Waals surface area contributed by atoms with Gasteiger partial charge < -0.3 is 4.90 Å². The highest BCUT2D eigenvalue weighted by Crippen LogP contribution is 2.23. The second-order valence-electron chi connectivity index (χ2n) is 6.25. The van der Waals surface area contributed by atoms with E-state index in [1.54, 1.807) is 11.0 Å². The van der Waals surface area contributed by atoms with Crippen molar-refractivity contribution in [2.45, 2.75) is 52.4 Å². The summed E-state index contributed by atoms with van der Waals surface area (Å²) in [7, 11) is 1.84. The molecule has 0 radical (unpaired) electrons. The van der Waals surface area contributed by atoms with Gasteiger partial charge >= 0.3 is 0 Å². The number of unbranched alkanes of at least 4 members (excludes halogenated alkanes) is 2. The third-order valence-corrected chi connectivity index (χ3v) is 3.45. The fourth-order valence-electron chi connectivity index (χ4n) is 1.93. The Morgan fingerprint density at radius 1 is 1.30 bits per heavy atom. The molecule has 0 aliphatic heterocycles. The van der Waals surface area contributed by atoms with Crippen LogP contribution in [0.1, 0.15) is 63.0 Å². The maximum absolute atomic E-state index is 12.4. The van der Waals surface area contributed by atoms with Gasteiger partial charge in [-0.3, -0.25) is 4.79 Å². The van der Waals surface area contributed by atoms with Crippen LogP contribution in [0.3, 0.4) is 0 Å². The molecule has 3 nitrogen and oxygen atoms in total. The first-order valence-electron chi connectivity index (χ1n) is 7.19. The summed E-state index contributed by atoms with van der Waals surface area (Å²) < 4.78 is 0. The Balaban J connectivity index is 2.90. The van der Waals surface area contributed by atoms with Crippen molar-refractivity contribution in [2.75, 3.05) is 13.6 Å². The van der Waals surface area contributed by atoms with Crippen molar-refractivity contribution in [2.24, 2.45) is 0 Å². The van der Waals surface area contributed by atoms with Gasteiger partial charge in [0.2, 0.25) is 0 Å². The van der Waals surface area contributed by atoms with Gasteiger partial charge in [0, 0.05) is 30.3 Å². The molecule has 0 N–H and O–H groups in total. The number of carbonyl (C=O) groups excluding carboxylic acids is 1. The standard InChI is InChI=1S/C16H25ClN2O/c1-6-7-8-9-19(5)15(20)12-10-13(16(2,3)4)18-14(17)11-12/h10-11H,6-9H2,1-5H3. The smallest absolute Gasteiger partial charge is 0.253 e. The van der Waals surface area contributed by atoms with Crippen LogP contribution in [0.15, 0.2) is 12.1 Å². The highest BCUT2D eigenvalue weighted by atomic mass is 35.5. The molecule has 1 aromatic rings. The Morgan fingerprint density at radius 3 is 2.50 bits per heavy atom. The zero-order valence-electron chi connectivity index (χ0n) is 13.2. The van der Waals surface area contributed by atoms with Crippen molar-refractivity contribution < 1.29 is 4.79 Å². The number of hydrogen-bond donors (Lipinski definition) is 0. The molecule has 0 fully saturated rings. The van der Waals surface area contributed by atoms with Crippen LogP contribution in [0, 0.1) is 0 Å². The molecule has 0 aliphatic rings. The number of nitrogens with zero attached hydrogens (tertiary/aromatic N) is 2. The van der Waals surface area contributed by atoms with Crippen LogP contribution in [0.5, 0.6) is 0 Å². The highest BCUT2D eigenvalue weighted by Gasteiger charge is 2.20. The molecule has 0 aliphatic carbocycles. The van der Waals surface area contributed by atoms with E-state index < -0.39 is 0 Å². The third kappa shape index (κ3) is 4.78. The summed E-state index contributed by atoms with van der Waals surface area (Å²) in [5.41, 5.74) is 1.34. The van der Waals surface area contributed by atoms with Gasteiger partial charge in [-0.15, -0.1) is 0 Å². The van der Waals surface area contributed by atoms with Gasteiger partial charge in [-0.1, -0.05) is 52.1 Å². The van der Waals surface area contributed by atoms with E-state index in [4.69, 9.17) is 11.6 Å². The van der Waals surface area contributed by atoms with Crippen molar-refractivity contribution >= 4 is 17.5 Å². The largest absolute Gasteiger partial charge is 0.342 e. The van der Waals surface area contributed by atoms with E-state index in [0.717, 1.165) is 31.5 Å². The van der Waals surface area contributed by atoms with Crippen LogP contribution >= 0.6 is 11.6 Å². The van der Waals surface area contributed by atoms with Gasteiger partial charge in [-0.25, -0.2) is 4.98 Å². The number of pyridine rings is 1. The second kappa shape index (κ2) is 7.07. The fourth-order valence-corrected chi connectivity index (χ4v) is 2.13. The molecule has 0 atom stereocenters. The highest BCUT2D eigenvalue weighted by molar-refractivity contribution is 6.29. The van der Waals surface area contributed by atoms with Crippen LogP contribution in [-0.4, -0.2) is 29.4 Å². The number of rotatable bonds is 5. The Hall–Kier alpha value is -1.09. The Kier molecular flexibility index (Phi) is 6.00. The molecule has 1 aromatic heterocycles. The summed E-state index contributed by atoms with van der Waals surface area (Å²) in [6.45, 7) is 9.11. The van der Waals surface area contributed by atoms with Crippen LogP contribution in [0.4, 0.5) is 0 Å². The zero-order chi connectivity index (χ0) is 15.3. The van der Waals surface area contributed by atoms with E-state index in [1.807, 2.05) is 13.1 Å². The lowest BCUT2D eigenvalue weighted by Crippen LogP contribution is -2.28. The molecule has 0 saturated heterocycles. The minimum absolute atomic E-state index is 0.0101. The molecule has 112 valence electrons. The quantitative estimate of drug-likeness (QED) is 0.600. The van der Waals surface area contributed by atoms with Crippen molar-refractivity contribution in [1.82, 2.24) is 9.88 Å². The SMILES string of the molecule is CCCCCN(C)C(=O)c1cc(Cl)nc(C(C)(C)C)c1. The monoisotopic (exact) mass is 296 g/mol. The summed E-state index contributed by atoms with van der Waals surface area (Å²) in [4.78, 5) is 18.5. The minimum Gasteiger partial charge on any atom is -0.342 e. The number of halogens is 1. The number of aromatic nitrogens is 1. The fraction of sp³-hybridized carbons (Fsp3) is 0.625. The maximum atomic E-state index is 12.4. The first kappa shape index (κ1) is 17.0. The molecule has 0 unspecified atom stereocenters. The molecule has 1 rings (SSSR count). The van der Waals surface area contributed by atoms with Gasteiger partial charge in [0.1, 0.15) is 5.15 Å². The average molecular weight is 297 g/mol. The van der Waals surface area contributed by atoms with Gasteiger partial charge in [0.15, 0.2) is 0 Å². The van der Waals surface area contributed by atoms with E-state index in [9.17, 15) is 4.79 Å². The molecular formula is C16H25ClN2O. The van der Waals surface area contributed by atoms with E-state index in [0.29, 0.717) is 10.7 Å². The third-order valence-electron chi connectivity index (χ3n) is 3.25. The molecule has 20 heavy (non-hydrogen) atoms. The molecule has 0 saturated carbocycles. The summed E-state index contributed by atoms with van der Waals surface area (Å²) in [5.74, 6) is 0.0101. The normalized spacial score (nSPS) is 11.5. The van der Waals surface area contributed by atoms with Crippen LogP contribution in [0.2, 0.25) is 5.15 Å². The Labute approximate surface area is 127 Å². The van der Waals surface area contributed by atoms with Gasteiger partial charge in [0.25, 0.3) is 5.91 Å². The lowest BCUT2D eigenvalue weighted by Gasteiger charge is -2.21. The predicted molar refractivity (Wildman–Crippen MR) is 84.4 cm³/mol. The first-order chi connectivity index (χ1) is 9.25. The number of amides is 1. The Morgan fingerprint density at radius 2 is 1.95 bits per heavy atom. The summed E-state index contributed by atoms with van der Waals surface area (Å²) >= 11 is 6.05. The number of hydrogen-bond acceptors (Lipinski definition) is 2. The average Bonchev–Trinajstić information content (AvgIpc) is 2.36. The summed E-state index contributed by atoms with van der Waals surface area (Å²) in [6.07, 6.45) is 3.32. The molecular weight excluding hydrogens is 272 g/mol. The first-order valence-corrected chi connectivity index (χ1v) is 7.57. The Bertz CT molecular complexity index is 466. The summed E-state index contributed by atoms with van der Waals surface area (Å²) in [6, 6.07) is 3.50. The van der Waals surface area contributed by atoms with Crippen LogP contribution < -0.4 is 0 Å². The molecule has 0 bridgehead atoms. The van der Waals surface area contributed by atoms with Gasteiger partial charge in [-0.05, 0) is 18.6 Å². The van der Waals surface area contributed by atoms with Crippen molar-refractivity contribution in [3.05, 3.63) is 28.5 Å². The van der Waals surface area contributed by atoms with Gasteiger partial charge in [0.05, 0.1) is 0 Å². The molecule has 0 aromatic carbocycles. The molecule has 4 heteroatoms. The lowest BCUT2D eigenvalue weighted by atomic mass is 9.91. The zero-order valence-corrected chi connectivity index (χ0v) is 13.9. The van der Waals surface area contributed by atoms with Gasteiger partial charge in [-0.2, -0.15) is 0 Å². The van der Waals surface area contributed by atoms with Crippen molar-refractivity contribution in [3.8, 4) is 0 Å². The molecule has 1 heterocycles. The topological polar surface area (TPSA) is 33.2 Å². The van der Waals surface area contributed by atoms with E-state index >= 15 is 0 Å². The predicted octanol–water partition coefficient (Wildman–Crippen LogP) is 4.29. The second-order valence-corrected chi connectivity index (χ2v) is 6.63. The minimum atomic E-state index is -0.124. The van der Waals surface area contributed by atoms with Crippen molar-refractivity contribution in [1.29, 1.82) is 0 Å². The summed E-state index contributed by atoms with van der Waals surface area (Å²) in [5, 5.41) is 0.378. The van der Waals surface area contributed by atoms with Crippen LogP contribution in [0.25, 0.3) is 0 Å². The lowest BCUT2D eigenvalue weighted by molar-refractivity contribution is 0.0792.